The van der Waals surface area contributed by atoms with Crippen molar-refractivity contribution in [3.63, 3.8) is 0 Å². The van der Waals surface area contributed by atoms with Crippen molar-refractivity contribution in [3.05, 3.63) is 87.9 Å². The lowest BCUT2D eigenvalue weighted by atomic mass is 10.1. The van der Waals surface area contributed by atoms with Crippen LogP contribution in [0.4, 0.5) is 11.4 Å². The predicted molar refractivity (Wildman–Crippen MR) is 135 cm³/mol. The first kappa shape index (κ1) is 24.7. The summed E-state index contributed by atoms with van der Waals surface area (Å²) in [6, 6.07) is 19.6. The number of aryl methyl sites for hydroxylation is 1. The number of ether oxygens (including phenoxy) is 1. The molecule has 3 rings (SSSR count). The number of benzene rings is 3. The molecular formula is C25H23BrN4O4. The Hall–Kier alpha value is -3.98. The number of hydrogen-bond acceptors (Lipinski definition) is 5. The van der Waals surface area contributed by atoms with Crippen molar-refractivity contribution < 1.29 is 19.1 Å². The molecule has 0 saturated carbocycles. The highest BCUT2D eigenvalue weighted by molar-refractivity contribution is 9.10. The van der Waals surface area contributed by atoms with E-state index in [-0.39, 0.29) is 12.5 Å². The molecule has 0 unspecified atom stereocenters. The van der Waals surface area contributed by atoms with Gasteiger partial charge in [-0.2, -0.15) is 5.10 Å². The van der Waals surface area contributed by atoms with Crippen LogP contribution in [0.2, 0.25) is 0 Å². The van der Waals surface area contributed by atoms with E-state index in [1.807, 2.05) is 38.1 Å². The molecule has 9 heteroatoms. The van der Waals surface area contributed by atoms with E-state index in [1.54, 1.807) is 42.5 Å². The van der Waals surface area contributed by atoms with E-state index in [0.29, 0.717) is 22.7 Å². The summed E-state index contributed by atoms with van der Waals surface area (Å²) in [7, 11) is 0. The summed E-state index contributed by atoms with van der Waals surface area (Å²) in [5.41, 5.74) is 5.78. The second kappa shape index (κ2) is 11.8. The molecule has 0 saturated heterocycles. The van der Waals surface area contributed by atoms with Crippen molar-refractivity contribution in [2.24, 2.45) is 5.10 Å². The third-order valence-electron chi connectivity index (χ3n) is 4.82. The van der Waals surface area contributed by atoms with E-state index in [2.05, 4.69) is 37.1 Å². The number of anilines is 2. The molecule has 3 amide bonds. The van der Waals surface area contributed by atoms with Crippen LogP contribution < -0.4 is 20.8 Å². The largest absolute Gasteiger partial charge is 0.483 e. The first-order valence-corrected chi connectivity index (χ1v) is 11.1. The third-order valence-corrected chi connectivity index (χ3v) is 5.31. The smallest absolute Gasteiger partial charge is 0.329 e. The van der Waals surface area contributed by atoms with Crippen LogP contribution >= 0.6 is 15.9 Å². The summed E-state index contributed by atoms with van der Waals surface area (Å²) in [5, 5.41) is 9.16. The van der Waals surface area contributed by atoms with Gasteiger partial charge in [0.05, 0.1) is 6.21 Å². The normalized spacial score (nSPS) is 10.6. The van der Waals surface area contributed by atoms with E-state index in [0.717, 1.165) is 15.6 Å². The minimum atomic E-state index is -0.920. The first-order valence-electron chi connectivity index (χ1n) is 10.3. The molecule has 34 heavy (non-hydrogen) atoms. The number of nitrogens with zero attached hydrogens (tertiary/aromatic N) is 1. The molecule has 0 bridgehead atoms. The molecule has 0 spiro atoms. The fourth-order valence-corrected chi connectivity index (χ4v) is 3.27. The molecule has 0 heterocycles. The average molecular weight is 523 g/mol. The van der Waals surface area contributed by atoms with Gasteiger partial charge in [0.15, 0.2) is 6.61 Å². The van der Waals surface area contributed by atoms with Crippen LogP contribution in [0.15, 0.2) is 76.3 Å². The standard InChI is InChI=1S/C25H23BrN4O4/c1-16-7-6-10-21(17(16)2)29-24(32)25(33)30-27-14-18-13-19(26)11-12-22(18)34-15-23(31)28-20-8-4-3-5-9-20/h3-14H,15H2,1-2H3,(H,28,31)(H,29,32)(H,30,33)/b27-14-. The van der Waals surface area contributed by atoms with E-state index >= 15 is 0 Å². The maximum Gasteiger partial charge on any atom is 0.329 e. The number of hydrogen-bond donors (Lipinski definition) is 3. The molecule has 0 fully saturated rings. The Balaban J connectivity index is 1.59. The molecule has 0 aromatic heterocycles. The minimum absolute atomic E-state index is 0.220. The highest BCUT2D eigenvalue weighted by Gasteiger charge is 2.14. The number of amides is 3. The van der Waals surface area contributed by atoms with Crippen LogP contribution in [0.5, 0.6) is 5.75 Å². The van der Waals surface area contributed by atoms with Crippen LogP contribution in [-0.4, -0.2) is 30.5 Å². The molecule has 3 aromatic rings. The summed E-state index contributed by atoms with van der Waals surface area (Å²) in [5.74, 6) is -1.70. The zero-order chi connectivity index (χ0) is 24.5. The lowest BCUT2D eigenvalue weighted by molar-refractivity contribution is -0.136. The van der Waals surface area contributed by atoms with Crippen LogP contribution in [0.25, 0.3) is 0 Å². The molecule has 3 aromatic carbocycles. The molecule has 0 aliphatic rings. The van der Waals surface area contributed by atoms with Gasteiger partial charge in [0, 0.05) is 21.4 Å². The summed E-state index contributed by atoms with van der Waals surface area (Å²) in [4.78, 5) is 36.5. The van der Waals surface area contributed by atoms with Gasteiger partial charge in [-0.1, -0.05) is 46.3 Å². The lowest BCUT2D eigenvalue weighted by Crippen LogP contribution is -2.32. The third kappa shape index (κ3) is 7.01. The molecule has 0 radical (unpaired) electrons. The maximum atomic E-state index is 12.2. The van der Waals surface area contributed by atoms with Gasteiger partial charge >= 0.3 is 11.8 Å². The molecule has 0 atom stereocenters. The van der Waals surface area contributed by atoms with Crippen LogP contribution in [-0.2, 0) is 14.4 Å². The Morgan fingerprint density at radius 2 is 1.71 bits per heavy atom. The Kier molecular flexibility index (Phi) is 8.53. The zero-order valence-electron chi connectivity index (χ0n) is 18.6. The zero-order valence-corrected chi connectivity index (χ0v) is 20.2. The highest BCUT2D eigenvalue weighted by atomic mass is 79.9. The maximum absolute atomic E-state index is 12.2. The van der Waals surface area contributed by atoms with Gasteiger partial charge < -0.3 is 15.4 Å². The lowest BCUT2D eigenvalue weighted by Gasteiger charge is -2.10. The summed E-state index contributed by atoms with van der Waals surface area (Å²) in [6.07, 6.45) is 1.33. The Morgan fingerprint density at radius 1 is 0.941 bits per heavy atom. The van der Waals surface area contributed by atoms with Crippen LogP contribution in [0.1, 0.15) is 16.7 Å². The molecule has 174 valence electrons. The van der Waals surface area contributed by atoms with Crippen molar-refractivity contribution in [1.29, 1.82) is 0 Å². The number of carbonyl (C=O) groups is 3. The number of hydrazone groups is 1. The van der Waals surface area contributed by atoms with Crippen molar-refractivity contribution in [3.8, 4) is 5.75 Å². The van der Waals surface area contributed by atoms with E-state index in [1.165, 1.54) is 6.21 Å². The number of carbonyl (C=O) groups excluding carboxylic acids is 3. The van der Waals surface area contributed by atoms with Gasteiger partial charge in [-0.05, 0) is 61.4 Å². The molecule has 3 N–H and O–H groups in total. The minimum Gasteiger partial charge on any atom is -0.483 e. The summed E-state index contributed by atoms with van der Waals surface area (Å²) < 4.78 is 6.36. The Bertz CT molecular complexity index is 1230. The van der Waals surface area contributed by atoms with Crippen molar-refractivity contribution in [2.45, 2.75) is 13.8 Å². The number of halogens is 1. The monoisotopic (exact) mass is 522 g/mol. The van der Waals surface area contributed by atoms with Gasteiger partial charge in [0.2, 0.25) is 0 Å². The summed E-state index contributed by atoms with van der Waals surface area (Å²) >= 11 is 3.37. The molecule has 0 aliphatic carbocycles. The van der Waals surface area contributed by atoms with Gasteiger partial charge in [0.25, 0.3) is 5.91 Å². The van der Waals surface area contributed by atoms with Crippen molar-refractivity contribution in [1.82, 2.24) is 5.43 Å². The van der Waals surface area contributed by atoms with Gasteiger partial charge in [-0.3, -0.25) is 14.4 Å². The fraction of sp³-hybridized carbons (Fsp3) is 0.120. The van der Waals surface area contributed by atoms with E-state index < -0.39 is 11.8 Å². The SMILES string of the molecule is Cc1cccc(NC(=O)C(=O)N/N=C\c2cc(Br)ccc2OCC(=O)Nc2ccccc2)c1C. The number of rotatable bonds is 7. The van der Waals surface area contributed by atoms with Crippen molar-refractivity contribution >= 4 is 51.2 Å². The fourth-order valence-electron chi connectivity index (χ4n) is 2.89. The molecule has 0 aliphatic heterocycles. The Labute approximate surface area is 205 Å². The molecule has 8 nitrogen and oxygen atoms in total. The predicted octanol–water partition coefficient (Wildman–Crippen LogP) is 4.17. The van der Waals surface area contributed by atoms with Gasteiger partial charge in [-0.25, -0.2) is 5.43 Å². The average Bonchev–Trinajstić information content (AvgIpc) is 2.82. The first-order chi connectivity index (χ1) is 16.3. The van der Waals surface area contributed by atoms with Gasteiger partial charge in [-0.15, -0.1) is 0 Å². The van der Waals surface area contributed by atoms with Crippen LogP contribution in [0, 0.1) is 13.8 Å². The van der Waals surface area contributed by atoms with Gasteiger partial charge in [0.1, 0.15) is 5.75 Å². The van der Waals surface area contributed by atoms with Crippen molar-refractivity contribution in [2.75, 3.05) is 17.2 Å². The molecular weight excluding hydrogens is 500 g/mol. The second-order valence-corrected chi connectivity index (χ2v) is 8.20. The topological polar surface area (TPSA) is 109 Å². The number of para-hydroxylation sites is 1. The Morgan fingerprint density at radius 3 is 2.47 bits per heavy atom. The quantitative estimate of drug-likeness (QED) is 0.245. The summed E-state index contributed by atoms with van der Waals surface area (Å²) in [6.45, 7) is 3.55. The highest BCUT2D eigenvalue weighted by Crippen LogP contribution is 2.22. The number of nitrogens with one attached hydrogen (secondary N) is 3. The van der Waals surface area contributed by atoms with E-state index in [4.69, 9.17) is 4.74 Å². The van der Waals surface area contributed by atoms with E-state index in [9.17, 15) is 14.4 Å². The van der Waals surface area contributed by atoms with Crippen LogP contribution in [0.3, 0.4) is 0 Å². The second-order valence-electron chi connectivity index (χ2n) is 7.29.